The van der Waals surface area contributed by atoms with E-state index in [9.17, 15) is 8.42 Å². The fraction of sp³-hybridized carbons (Fsp3) is 0.583. The lowest BCUT2D eigenvalue weighted by Crippen LogP contribution is -2.43. The second kappa shape index (κ2) is 13.5. The van der Waals surface area contributed by atoms with Crippen molar-refractivity contribution in [2.24, 2.45) is 18.9 Å². The summed E-state index contributed by atoms with van der Waals surface area (Å²) in [7, 11) is -3.06. The Morgan fingerprint density at radius 1 is 1.12 bits per heavy atom. The van der Waals surface area contributed by atoms with Gasteiger partial charge in [0, 0.05) is 51.5 Å². The molecular formula is C36H52FN7O3SSi. The Hall–Kier alpha value is -3.13. The molecule has 6 rings (SSSR count). The van der Waals surface area contributed by atoms with Crippen molar-refractivity contribution in [1.82, 2.24) is 29.2 Å². The van der Waals surface area contributed by atoms with Crippen LogP contribution in [-0.4, -0.2) is 71.7 Å². The Bertz CT molecular complexity index is 1950. The fourth-order valence-corrected chi connectivity index (χ4v) is 9.10. The minimum atomic E-state index is -3.66. The molecule has 1 aliphatic carbocycles. The van der Waals surface area contributed by atoms with Crippen LogP contribution in [0.1, 0.15) is 62.2 Å². The van der Waals surface area contributed by atoms with Crippen LogP contribution in [-0.2, 0) is 40.5 Å². The number of nitrogens with zero attached hydrogens (tertiary/aromatic N) is 6. The van der Waals surface area contributed by atoms with Gasteiger partial charge in [0.15, 0.2) is 5.82 Å². The first-order valence-electron chi connectivity index (χ1n) is 17.5. The number of ether oxygens (including phenoxy) is 1. The van der Waals surface area contributed by atoms with Gasteiger partial charge in [-0.2, -0.15) is 0 Å². The van der Waals surface area contributed by atoms with E-state index in [0.717, 1.165) is 79.2 Å². The lowest BCUT2D eigenvalue weighted by atomic mass is 9.58. The van der Waals surface area contributed by atoms with Gasteiger partial charge in [-0.15, -0.1) is 10.2 Å². The number of piperidine rings is 1. The Kier molecular flexibility index (Phi) is 9.86. The molecule has 3 aromatic heterocycles. The maximum absolute atomic E-state index is 17.3. The molecule has 0 bridgehead atoms. The van der Waals surface area contributed by atoms with E-state index in [1.54, 1.807) is 12.4 Å². The first-order chi connectivity index (χ1) is 23.0. The van der Waals surface area contributed by atoms with Gasteiger partial charge in [-0.25, -0.2) is 17.8 Å². The van der Waals surface area contributed by atoms with Crippen LogP contribution in [0.3, 0.4) is 0 Å². The third-order valence-corrected chi connectivity index (χ3v) is 12.5. The van der Waals surface area contributed by atoms with Crippen molar-refractivity contribution >= 4 is 34.8 Å². The van der Waals surface area contributed by atoms with Crippen LogP contribution in [0.5, 0.6) is 0 Å². The summed E-state index contributed by atoms with van der Waals surface area (Å²) in [4.78, 5) is 7.18. The molecule has 2 fully saturated rings. The number of halogens is 1. The second-order valence-corrected chi connectivity index (χ2v) is 23.4. The van der Waals surface area contributed by atoms with Crippen LogP contribution < -0.4 is 4.72 Å². The van der Waals surface area contributed by atoms with Gasteiger partial charge in [0.25, 0.3) is 0 Å². The molecule has 0 spiro atoms. The van der Waals surface area contributed by atoms with Gasteiger partial charge in [0.2, 0.25) is 10.0 Å². The zero-order chi connectivity index (χ0) is 35.3. The highest BCUT2D eigenvalue weighted by atomic mass is 32.2. The number of hydrogen-bond donors (Lipinski definition) is 1. The highest BCUT2D eigenvalue weighted by Crippen LogP contribution is 2.52. The molecule has 1 N–H and O–H groups in total. The largest absolute Gasteiger partial charge is 0.361 e. The molecule has 1 aliphatic heterocycles. The molecule has 1 saturated heterocycles. The predicted molar refractivity (Wildman–Crippen MR) is 196 cm³/mol. The van der Waals surface area contributed by atoms with E-state index in [-0.39, 0.29) is 12.5 Å². The first-order valence-corrected chi connectivity index (χ1v) is 23.1. The van der Waals surface area contributed by atoms with Crippen molar-refractivity contribution in [3.63, 3.8) is 0 Å². The number of anilines is 1. The third-order valence-electron chi connectivity index (χ3n) is 10.2. The predicted octanol–water partition coefficient (Wildman–Crippen LogP) is 6.91. The maximum atomic E-state index is 17.3. The lowest BCUT2D eigenvalue weighted by Gasteiger charge is -2.46. The van der Waals surface area contributed by atoms with Crippen LogP contribution in [0.2, 0.25) is 25.7 Å². The van der Waals surface area contributed by atoms with Crippen molar-refractivity contribution in [2.45, 2.75) is 90.8 Å². The number of pyridine rings is 1. The molecule has 1 aromatic carbocycles. The summed E-state index contributed by atoms with van der Waals surface area (Å²) in [6.45, 7) is 17.1. The van der Waals surface area contributed by atoms with Gasteiger partial charge in [0.05, 0.1) is 22.9 Å². The fourth-order valence-electron chi connectivity index (χ4n) is 7.86. The Morgan fingerprint density at radius 2 is 1.88 bits per heavy atom. The summed E-state index contributed by atoms with van der Waals surface area (Å²) in [5.74, 6) is 1.61. The van der Waals surface area contributed by atoms with E-state index in [0.29, 0.717) is 35.2 Å². The molecule has 10 nitrogen and oxygen atoms in total. The van der Waals surface area contributed by atoms with Crippen LogP contribution in [0, 0.1) is 24.6 Å². The number of rotatable bonds is 12. The second-order valence-electron chi connectivity index (χ2n) is 16.1. The number of likely N-dealkylation sites (tertiary alicyclic amines) is 1. The zero-order valence-electron chi connectivity index (χ0n) is 30.3. The summed E-state index contributed by atoms with van der Waals surface area (Å²) in [6.07, 6.45) is 6.77. The number of aryl methyl sites for hydroxylation is 2. The quantitative estimate of drug-likeness (QED) is 0.126. The van der Waals surface area contributed by atoms with Crippen molar-refractivity contribution in [2.75, 3.05) is 30.7 Å². The molecule has 2 aliphatic rings. The maximum Gasteiger partial charge on any atom is 0.230 e. The smallest absolute Gasteiger partial charge is 0.230 e. The molecule has 0 radical (unpaired) electrons. The van der Waals surface area contributed by atoms with Crippen LogP contribution in [0.4, 0.5) is 10.2 Å². The molecule has 266 valence electrons. The van der Waals surface area contributed by atoms with Gasteiger partial charge >= 0.3 is 0 Å². The number of hydrogen-bond acceptors (Lipinski definition) is 7. The van der Waals surface area contributed by atoms with E-state index in [4.69, 9.17) is 9.72 Å². The van der Waals surface area contributed by atoms with E-state index in [2.05, 4.69) is 59.4 Å². The number of benzene rings is 1. The molecule has 4 aromatic rings. The van der Waals surface area contributed by atoms with Gasteiger partial charge < -0.3 is 13.9 Å². The zero-order valence-corrected chi connectivity index (χ0v) is 32.1. The topological polar surface area (TPSA) is 107 Å². The van der Waals surface area contributed by atoms with Crippen molar-refractivity contribution in [3.8, 4) is 11.3 Å². The van der Waals surface area contributed by atoms with E-state index < -0.39 is 29.3 Å². The highest BCUT2D eigenvalue weighted by molar-refractivity contribution is 7.92. The van der Waals surface area contributed by atoms with Gasteiger partial charge in [-0.1, -0.05) is 33.5 Å². The number of sulfonamides is 1. The highest BCUT2D eigenvalue weighted by Gasteiger charge is 2.48. The van der Waals surface area contributed by atoms with E-state index in [1.165, 1.54) is 6.42 Å². The molecule has 13 heteroatoms. The van der Waals surface area contributed by atoms with Crippen LogP contribution in [0.15, 0.2) is 30.6 Å². The Balaban J connectivity index is 1.49. The SMILES string of the molecule is Cc1cc(-c2cc(C3(c4nncn4C)CC(C)C3)cc(NS(C)(=O)=O)n2)c(F)c2c1cc(CN1CCC[C@H](C)C1)n2COCC[Si](C)(C)C. The average Bonchev–Trinajstić information content (AvgIpc) is 3.57. The number of nitrogens with one attached hydrogen (secondary N) is 1. The first kappa shape index (κ1) is 35.7. The molecule has 0 unspecified atom stereocenters. The summed E-state index contributed by atoms with van der Waals surface area (Å²) in [5.41, 5.74) is 3.46. The molecule has 1 saturated carbocycles. The normalized spacial score (nSPS) is 22.1. The monoisotopic (exact) mass is 709 g/mol. The van der Waals surface area contributed by atoms with Crippen molar-refractivity contribution < 1.29 is 17.5 Å². The minimum Gasteiger partial charge on any atom is -0.361 e. The standard InChI is InChI=1S/C36H52FN7O3SSi/c1-24-10-9-11-43(20-24)21-28-17-29-26(3)14-30(33(37)34(29)44(28)23-47-12-13-49(6,7)8)31-15-27(16-32(39-31)41-48(5,45)46)36(18-25(2)19-36)35-40-38-22-42(35)4/h14-17,22,24-25H,9-13,18-21,23H2,1-8H3,(H,39,41)/t24-,25?,36?/m0/s1. The Labute approximate surface area is 291 Å². The van der Waals surface area contributed by atoms with Gasteiger partial charge in [0.1, 0.15) is 24.7 Å². The molecular weight excluding hydrogens is 658 g/mol. The van der Waals surface area contributed by atoms with E-state index in [1.807, 2.05) is 35.2 Å². The van der Waals surface area contributed by atoms with Crippen LogP contribution >= 0.6 is 0 Å². The minimum absolute atomic E-state index is 0.151. The van der Waals surface area contributed by atoms with Gasteiger partial charge in [-0.05, 0) is 92.4 Å². The number of fused-ring (bicyclic) bond motifs is 1. The molecule has 49 heavy (non-hydrogen) atoms. The van der Waals surface area contributed by atoms with Crippen LogP contribution in [0.25, 0.3) is 22.2 Å². The third kappa shape index (κ3) is 7.64. The van der Waals surface area contributed by atoms with E-state index >= 15 is 4.39 Å². The summed E-state index contributed by atoms with van der Waals surface area (Å²) < 4.78 is 55.0. The molecule has 1 atom stereocenters. The van der Waals surface area contributed by atoms with Gasteiger partial charge in [-0.3, -0.25) is 9.62 Å². The number of aromatic nitrogens is 5. The van der Waals surface area contributed by atoms with Crippen molar-refractivity contribution in [3.05, 3.63) is 59.1 Å². The summed E-state index contributed by atoms with van der Waals surface area (Å²) in [5, 5.41) is 9.48. The summed E-state index contributed by atoms with van der Waals surface area (Å²) in [6, 6.07) is 8.66. The Morgan fingerprint density at radius 3 is 2.51 bits per heavy atom. The average molecular weight is 710 g/mol. The molecule has 4 heterocycles. The molecule has 0 amide bonds. The van der Waals surface area contributed by atoms with Crippen molar-refractivity contribution in [1.29, 1.82) is 0 Å². The lowest BCUT2D eigenvalue weighted by molar-refractivity contribution is 0.0846. The summed E-state index contributed by atoms with van der Waals surface area (Å²) >= 11 is 0.